The van der Waals surface area contributed by atoms with Gasteiger partial charge in [-0.2, -0.15) is 0 Å². The van der Waals surface area contributed by atoms with Gasteiger partial charge in [0, 0.05) is 17.2 Å². The van der Waals surface area contributed by atoms with Gasteiger partial charge in [-0.05, 0) is 28.9 Å². The molecule has 0 aliphatic carbocycles. The van der Waals surface area contributed by atoms with Crippen LogP contribution in [0.4, 0.5) is 8.78 Å². The Kier molecular flexibility index (Phi) is 5.29. The van der Waals surface area contributed by atoms with Crippen LogP contribution in [0.3, 0.4) is 0 Å². The Morgan fingerprint density at radius 1 is 1.50 bits per heavy atom. The molecule has 8 heteroatoms. The van der Waals surface area contributed by atoms with Crippen LogP contribution in [0.15, 0.2) is 16.7 Å². The Morgan fingerprint density at radius 2 is 2.25 bits per heavy atom. The zero-order chi connectivity index (χ0) is 14.7. The Bertz CT molecular complexity index is 591. The molecule has 0 amide bonds. The summed E-state index contributed by atoms with van der Waals surface area (Å²) in [5.74, 6) is 0.646. The van der Waals surface area contributed by atoms with E-state index in [0.717, 1.165) is 4.47 Å². The summed E-state index contributed by atoms with van der Waals surface area (Å²) in [5, 5.41) is -0.307. The highest BCUT2D eigenvalue weighted by molar-refractivity contribution is 9.10. The van der Waals surface area contributed by atoms with Gasteiger partial charge in [0.2, 0.25) is 0 Å². The van der Waals surface area contributed by atoms with Crippen LogP contribution < -0.4 is 0 Å². The normalized spacial score (nSPS) is 13.3. The van der Waals surface area contributed by atoms with Crippen LogP contribution in [0, 0.1) is 0 Å². The lowest BCUT2D eigenvalue weighted by Gasteiger charge is -2.10. The number of pyridine rings is 1. The second-order valence-corrected chi connectivity index (χ2v) is 5.77. The molecule has 0 N–H and O–H groups in total. The molecule has 0 bridgehead atoms. The number of imidazole rings is 1. The van der Waals surface area contributed by atoms with Crippen LogP contribution in [0.2, 0.25) is 0 Å². The van der Waals surface area contributed by atoms with E-state index >= 15 is 0 Å². The molecule has 0 fully saturated rings. The van der Waals surface area contributed by atoms with Gasteiger partial charge in [0.15, 0.2) is 5.65 Å². The van der Waals surface area contributed by atoms with Gasteiger partial charge in [-0.25, -0.2) is 18.7 Å². The molecular weight excluding hydrogens is 356 g/mol. The average molecular weight is 369 g/mol. The lowest BCUT2D eigenvalue weighted by atomic mass is 10.4. The molecular formula is C12H13BrClF2N3O. The first-order chi connectivity index (χ1) is 9.49. The van der Waals surface area contributed by atoms with Crippen molar-refractivity contribution in [2.75, 3.05) is 13.2 Å². The Balaban J connectivity index is 2.22. The number of rotatable bonds is 6. The molecule has 2 heterocycles. The van der Waals surface area contributed by atoms with Crippen molar-refractivity contribution in [1.82, 2.24) is 14.5 Å². The lowest BCUT2D eigenvalue weighted by Crippen LogP contribution is -2.13. The van der Waals surface area contributed by atoms with E-state index in [1.54, 1.807) is 17.7 Å². The summed E-state index contributed by atoms with van der Waals surface area (Å²) < 4.78 is 31.6. The molecule has 2 rings (SSSR count). The first-order valence-corrected chi connectivity index (χ1v) is 7.23. The summed E-state index contributed by atoms with van der Waals surface area (Å²) in [5.41, 5.74) is 1.37. The minimum atomic E-state index is -2.46. The lowest BCUT2D eigenvalue weighted by molar-refractivity contribution is 0.0148. The molecule has 0 saturated heterocycles. The molecule has 2 aromatic heterocycles. The highest BCUT2D eigenvalue weighted by Gasteiger charge is 2.16. The molecule has 0 aliphatic heterocycles. The zero-order valence-electron chi connectivity index (χ0n) is 10.7. The van der Waals surface area contributed by atoms with E-state index in [1.165, 1.54) is 0 Å². The van der Waals surface area contributed by atoms with E-state index in [1.807, 2.05) is 6.07 Å². The number of ether oxygens (including phenoxy) is 1. The van der Waals surface area contributed by atoms with Crippen LogP contribution in [0.5, 0.6) is 0 Å². The van der Waals surface area contributed by atoms with Gasteiger partial charge in [0.25, 0.3) is 6.43 Å². The minimum Gasteiger partial charge on any atom is -0.374 e. The molecule has 0 spiro atoms. The Morgan fingerprint density at radius 3 is 2.90 bits per heavy atom. The summed E-state index contributed by atoms with van der Waals surface area (Å²) in [6, 6.07) is 1.83. The van der Waals surface area contributed by atoms with Crippen LogP contribution in [0.25, 0.3) is 11.2 Å². The van der Waals surface area contributed by atoms with Crippen molar-refractivity contribution < 1.29 is 13.5 Å². The molecule has 2 aromatic rings. The number of alkyl halides is 3. The predicted molar refractivity (Wildman–Crippen MR) is 76.3 cm³/mol. The maximum Gasteiger partial charge on any atom is 0.261 e. The quantitative estimate of drug-likeness (QED) is 0.575. The minimum absolute atomic E-state index is 0.157. The average Bonchev–Trinajstić information content (AvgIpc) is 2.72. The van der Waals surface area contributed by atoms with Crippen molar-refractivity contribution >= 4 is 38.7 Å². The van der Waals surface area contributed by atoms with Gasteiger partial charge in [-0.3, -0.25) is 0 Å². The summed E-state index contributed by atoms with van der Waals surface area (Å²) >= 11 is 9.43. The van der Waals surface area contributed by atoms with E-state index in [-0.39, 0.29) is 12.0 Å². The van der Waals surface area contributed by atoms with Gasteiger partial charge < -0.3 is 9.30 Å². The van der Waals surface area contributed by atoms with Crippen molar-refractivity contribution in [3.63, 3.8) is 0 Å². The Labute approximate surface area is 128 Å². The monoisotopic (exact) mass is 367 g/mol. The summed E-state index contributed by atoms with van der Waals surface area (Å²) in [6.45, 7) is 1.76. The fraction of sp³-hybridized carbons (Fsp3) is 0.500. The van der Waals surface area contributed by atoms with E-state index in [2.05, 4.69) is 25.9 Å². The first kappa shape index (κ1) is 15.6. The molecule has 1 unspecified atom stereocenters. The highest BCUT2D eigenvalue weighted by Crippen LogP contribution is 2.25. The summed E-state index contributed by atoms with van der Waals surface area (Å²) in [7, 11) is 0. The number of hydrogen-bond donors (Lipinski definition) is 0. The molecule has 0 saturated carbocycles. The number of nitrogens with zero attached hydrogens (tertiary/aromatic N) is 3. The van der Waals surface area contributed by atoms with Crippen LogP contribution in [-0.4, -0.2) is 34.2 Å². The third kappa shape index (κ3) is 3.65. The highest BCUT2D eigenvalue weighted by atomic mass is 79.9. The van der Waals surface area contributed by atoms with Crippen molar-refractivity contribution in [1.29, 1.82) is 0 Å². The van der Waals surface area contributed by atoms with E-state index in [4.69, 9.17) is 16.3 Å². The molecule has 0 radical (unpaired) electrons. The maximum absolute atomic E-state index is 12.0. The largest absolute Gasteiger partial charge is 0.374 e. The molecule has 1 atom stereocenters. The first-order valence-electron chi connectivity index (χ1n) is 6.00. The third-order valence-corrected chi connectivity index (χ3v) is 3.27. The molecule has 20 heavy (non-hydrogen) atoms. The van der Waals surface area contributed by atoms with Crippen LogP contribution >= 0.6 is 27.5 Å². The van der Waals surface area contributed by atoms with Gasteiger partial charge in [-0.1, -0.05) is 0 Å². The Hall–Kier alpha value is -0.790. The second-order valence-electron chi connectivity index (χ2n) is 4.20. The van der Waals surface area contributed by atoms with Crippen LogP contribution in [-0.2, 0) is 11.3 Å². The number of hydrogen-bond acceptors (Lipinski definition) is 3. The SMILES string of the molecule is CC(Cl)c1nc2cc(Br)cnc2n1CCOCC(F)F. The van der Waals surface area contributed by atoms with Crippen molar-refractivity contribution in [2.45, 2.75) is 25.3 Å². The predicted octanol–water partition coefficient (Wildman–Crippen LogP) is 3.78. The summed E-state index contributed by atoms with van der Waals surface area (Å²) in [4.78, 5) is 8.71. The number of fused-ring (bicyclic) bond motifs is 1. The number of halogens is 4. The standard InChI is InChI=1S/C12H13BrClF2N3O/c1-7(14)11-18-9-4-8(13)5-17-12(9)19(11)2-3-20-6-10(15)16/h4-5,7,10H,2-3,6H2,1H3. The van der Waals surface area contributed by atoms with E-state index in [9.17, 15) is 8.78 Å². The zero-order valence-corrected chi connectivity index (χ0v) is 13.0. The maximum atomic E-state index is 12.0. The van der Waals surface area contributed by atoms with Gasteiger partial charge >= 0.3 is 0 Å². The fourth-order valence-electron chi connectivity index (χ4n) is 1.86. The third-order valence-electron chi connectivity index (χ3n) is 2.64. The van der Waals surface area contributed by atoms with Gasteiger partial charge in [0.1, 0.15) is 17.9 Å². The van der Waals surface area contributed by atoms with Gasteiger partial charge in [-0.15, -0.1) is 11.6 Å². The molecule has 0 aliphatic rings. The molecule has 0 aromatic carbocycles. The summed E-state index contributed by atoms with van der Waals surface area (Å²) in [6.07, 6.45) is -0.807. The molecule has 4 nitrogen and oxygen atoms in total. The fourth-order valence-corrected chi connectivity index (χ4v) is 2.34. The van der Waals surface area contributed by atoms with Crippen molar-refractivity contribution in [3.8, 4) is 0 Å². The van der Waals surface area contributed by atoms with Crippen molar-refractivity contribution in [3.05, 3.63) is 22.6 Å². The smallest absolute Gasteiger partial charge is 0.261 e. The number of aromatic nitrogens is 3. The van der Waals surface area contributed by atoms with E-state index in [0.29, 0.717) is 23.5 Å². The van der Waals surface area contributed by atoms with Crippen LogP contribution in [0.1, 0.15) is 18.1 Å². The van der Waals surface area contributed by atoms with Gasteiger partial charge in [0.05, 0.1) is 12.0 Å². The molecule has 110 valence electrons. The van der Waals surface area contributed by atoms with E-state index < -0.39 is 13.0 Å². The second kappa shape index (κ2) is 6.78. The topological polar surface area (TPSA) is 39.9 Å². The van der Waals surface area contributed by atoms with Crippen molar-refractivity contribution in [2.24, 2.45) is 0 Å².